The molecule has 1 aromatic heterocycles. The highest BCUT2D eigenvalue weighted by Gasteiger charge is 2.11. The molecule has 1 heterocycles. The summed E-state index contributed by atoms with van der Waals surface area (Å²) in [6, 6.07) is 9.22. The van der Waals surface area contributed by atoms with Crippen molar-refractivity contribution in [3.05, 3.63) is 42.7 Å². The van der Waals surface area contributed by atoms with Crippen LogP contribution in [0.2, 0.25) is 0 Å². The Morgan fingerprint density at radius 1 is 1.24 bits per heavy atom. The Morgan fingerprint density at radius 3 is 2.67 bits per heavy atom. The van der Waals surface area contributed by atoms with Crippen molar-refractivity contribution < 1.29 is 14.3 Å². The molecule has 2 aromatic rings. The van der Waals surface area contributed by atoms with E-state index in [9.17, 15) is 9.59 Å². The second kappa shape index (κ2) is 6.65. The maximum absolute atomic E-state index is 11.7. The lowest BCUT2D eigenvalue weighted by atomic mass is 10.1. The number of carbonyl (C=O) groups is 2. The number of methoxy groups -OCH3 is 1. The van der Waals surface area contributed by atoms with Crippen LogP contribution in [0.15, 0.2) is 42.7 Å². The third-order valence-corrected chi connectivity index (χ3v) is 2.88. The highest BCUT2D eigenvalue weighted by Crippen LogP contribution is 2.30. The minimum absolute atomic E-state index is 0.153. The van der Waals surface area contributed by atoms with Crippen LogP contribution in [-0.4, -0.2) is 23.8 Å². The zero-order valence-corrected chi connectivity index (χ0v) is 11.9. The lowest BCUT2D eigenvalue weighted by molar-refractivity contribution is -0.124. The van der Waals surface area contributed by atoms with Crippen LogP contribution in [0, 0.1) is 0 Å². The summed E-state index contributed by atoms with van der Waals surface area (Å²) in [4.78, 5) is 26.8. The van der Waals surface area contributed by atoms with Crippen molar-refractivity contribution in [2.24, 2.45) is 0 Å². The predicted molar refractivity (Wildman–Crippen MR) is 80.2 cm³/mol. The van der Waals surface area contributed by atoms with E-state index in [1.807, 2.05) is 18.2 Å². The molecule has 0 aliphatic rings. The van der Waals surface area contributed by atoms with Crippen molar-refractivity contribution in [2.75, 3.05) is 12.4 Å². The smallest absolute Gasteiger partial charge is 0.231 e. The average molecular weight is 284 g/mol. The zero-order valence-electron chi connectivity index (χ0n) is 11.9. The van der Waals surface area contributed by atoms with E-state index in [2.05, 4.69) is 10.3 Å². The number of pyridine rings is 1. The highest BCUT2D eigenvalue weighted by atomic mass is 16.5. The zero-order chi connectivity index (χ0) is 15.2. The second-order valence-corrected chi connectivity index (χ2v) is 4.58. The molecule has 5 nitrogen and oxygen atoms in total. The van der Waals surface area contributed by atoms with E-state index in [1.165, 1.54) is 14.0 Å². The molecule has 0 unspecified atom stereocenters. The predicted octanol–water partition coefficient (Wildman–Crippen LogP) is 2.67. The number of anilines is 1. The van der Waals surface area contributed by atoms with Crippen LogP contribution >= 0.6 is 0 Å². The van der Waals surface area contributed by atoms with Crippen molar-refractivity contribution >= 4 is 17.4 Å². The molecule has 1 aromatic carbocycles. The standard InChI is InChI=1S/C16H16N2O3/c1-11(19)8-16(20)18-14-9-12(5-6-15(14)21-2)13-4-3-7-17-10-13/h3-7,9-10H,8H2,1-2H3,(H,18,20). The number of nitrogens with zero attached hydrogens (tertiary/aromatic N) is 1. The molecule has 0 atom stereocenters. The summed E-state index contributed by atoms with van der Waals surface area (Å²) in [5.74, 6) is -0.00133. The normalized spacial score (nSPS) is 10.0. The van der Waals surface area contributed by atoms with Gasteiger partial charge in [0.25, 0.3) is 0 Å². The molecule has 0 radical (unpaired) electrons. The van der Waals surface area contributed by atoms with Gasteiger partial charge >= 0.3 is 0 Å². The van der Waals surface area contributed by atoms with Gasteiger partial charge in [0, 0.05) is 18.0 Å². The van der Waals surface area contributed by atoms with Gasteiger partial charge in [0.05, 0.1) is 19.2 Å². The van der Waals surface area contributed by atoms with E-state index >= 15 is 0 Å². The van der Waals surface area contributed by atoms with Gasteiger partial charge in [0.15, 0.2) is 0 Å². The van der Waals surface area contributed by atoms with Crippen LogP contribution in [0.3, 0.4) is 0 Å². The number of nitrogens with one attached hydrogen (secondary N) is 1. The van der Waals surface area contributed by atoms with Gasteiger partial charge in [-0.05, 0) is 30.7 Å². The van der Waals surface area contributed by atoms with E-state index in [0.717, 1.165) is 11.1 Å². The largest absolute Gasteiger partial charge is 0.495 e. The number of aromatic nitrogens is 1. The number of amides is 1. The Balaban J connectivity index is 2.30. The lowest BCUT2D eigenvalue weighted by Crippen LogP contribution is -2.15. The number of benzene rings is 1. The van der Waals surface area contributed by atoms with Gasteiger partial charge < -0.3 is 10.1 Å². The topological polar surface area (TPSA) is 68.3 Å². The van der Waals surface area contributed by atoms with Gasteiger partial charge in [0.2, 0.25) is 5.91 Å². The van der Waals surface area contributed by atoms with E-state index in [-0.39, 0.29) is 18.1 Å². The molecule has 0 aliphatic heterocycles. The van der Waals surface area contributed by atoms with E-state index < -0.39 is 0 Å². The molecule has 0 fully saturated rings. The van der Waals surface area contributed by atoms with Gasteiger partial charge in [-0.3, -0.25) is 14.6 Å². The Hall–Kier alpha value is -2.69. The molecule has 5 heteroatoms. The minimum Gasteiger partial charge on any atom is -0.495 e. The number of rotatable bonds is 5. The maximum Gasteiger partial charge on any atom is 0.231 e. The Morgan fingerprint density at radius 2 is 2.05 bits per heavy atom. The molecular formula is C16H16N2O3. The third kappa shape index (κ3) is 3.89. The monoisotopic (exact) mass is 284 g/mol. The van der Waals surface area contributed by atoms with Crippen LogP contribution in [0.4, 0.5) is 5.69 Å². The first kappa shape index (κ1) is 14.7. The van der Waals surface area contributed by atoms with Crippen LogP contribution in [0.1, 0.15) is 13.3 Å². The molecule has 1 amide bonds. The van der Waals surface area contributed by atoms with Crippen molar-refractivity contribution in [3.63, 3.8) is 0 Å². The van der Waals surface area contributed by atoms with E-state index in [1.54, 1.807) is 24.5 Å². The number of ketones is 1. The summed E-state index contributed by atoms with van der Waals surface area (Å²) in [6.45, 7) is 1.38. The molecule has 0 spiro atoms. The van der Waals surface area contributed by atoms with E-state index in [0.29, 0.717) is 11.4 Å². The van der Waals surface area contributed by atoms with Crippen LogP contribution < -0.4 is 10.1 Å². The SMILES string of the molecule is COc1ccc(-c2cccnc2)cc1NC(=O)CC(C)=O. The van der Waals surface area contributed by atoms with Gasteiger partial charge in [0.1, 0.15) is 11.5 Å². The van der Waals surface area contributed by atoms with Crippen molar-refractivity contribution in [3.8, 4) is 16.9 Å². The summed E-state index contributed by atoms with van der Waals surface area (Å²) in [5.41, 5.74) is 2.37. The lowest BCUT2D eigenvalue weighted by Gasteiger charge is -2.12. The van der Waals surface area contributed by atoms with Crippen molar-refractivity contribution in [1.29, 1.82) is 0 Å². The fraction of sp³-hybridized carbons (Fsp3) is 0.188. The van der Waals surface area contributed by atoms with E-state index in [4.69, 9.17) is 4.74 Å². The van der Waals surface area contributed by atoms with Crippen LogP contribution in [-0.2, 0) is 9.59 Å². The minimum atomic E-state index is -0.357. The van der Waals surface area contributed by atoms with Crippen LogP contribution in [0.5, 0.6) is 5.75 Å². The average Bonchev–Trinajstić information content (AvgIpc) is 2.47. The van der Waals surface area contributed by atoms with Gasteiger partial charge in [-0.15, -0.1) is 0 Å². The number of Topliss-reactive ketones (excluding diaryl/α,β-unsaturated/α-hetero) is 1. The Bertz CT molecular complexity index is 654. The number of carbonyl (C=O) groups excluding carboxylic acids is 2. The maximum atomic E-state index is 11.7. The van der Waals surface area contributed by atoms with Crippen molar-refractivity contribution in [2.45, 2.75) is 13.3 Å². The molecule has 0 saturated heterocycles. The van der Waals surface area contributed by atoms with Gasteiger partial charge in [-0.1, -0.05) is 12.1 Å². The third-order valence-electron chi connectivity index (χ3n) is 2.88. The molecule has 0 aliphatic carbocycles. The van der Waals surface area contributed by atoms with Gasteiger partial charge in [-0.25, -0.2) is 0 Å². The van der Waals surface area contributed by atoms with Crippen molar-refractivity contribution in [1.82, 2.24) is 4.98 Å². The molecule has 0 saturated carbocycles. The first-order valence-electron chi connectivity index (χ1n) is 6.48. The molecule has 2 rings (SSSR count). The molecular weight excluding hydrogens is 268 g/mol. The second-order valence-electron chi connectivity index (χ2n) is 4.58. The Kier molecular flexibility index (Phi) is 4.66. The quantitative estimate of drug-likeness (QED) is 0.857. The fourth-order valence-corrected chi connectivity index (χ4v) is 1.94. The molecule has 21 heavy (non-hydrogen) atoms. The highest BCUT2D eigenvalue weighted by molar-refractivity contribution is 6.04. The number of ether oxygens (including phenoxy) is 1. The summed E-state index contributed by atoms with van der Waals surface area (Å²) in [7, 11) is 1.53. The number of hydrogen-bond acceptors (Lipinski definition) is 4. The molecule has 108 valence electrons. The summed E-state index contributed by atoms with van der Waals surface area (Å²) in [6.07, 6.45) is 3.28. The number of hydrogen-bond donors (Lipinski definition) is 1. The summed E-state index contributed by atoms with van der Waals surface area (Å²) in [5, 5.41) is 2.70. The van der Waals surface area contributed by atoms with Gasteiger partial charge in [-0.2, -0.15) is 0 Å². The summed E-state index contributed by atoms with van der Waals surface area (Å²) < 4.78 is 5.23. The first-order chi connectivity index (χ1) is 10.1. The Labute approximate surface area is 123 Å². The van der Waals surface area contributed by atoms with Crippen LogP contribution in [0.25, 0.3) is 11.1 Å². The fourth-order valence-electron chi connectivity index (χ4n) is 1.94. The molecule has 0 bridgehead atoms. The summed E-state index contributed by atoms with van der Waals surface area (Å²) >= 11 is 0. The molecule has 1 N–H and O–H groups in total. The first-order valence-corrected chi connectivity index (χ1v) is 6.48.